The highest BCUT2D eigenvalue weighted by atomic mass is 16.5. The van der Waals surface area contributed by atoms with Gasteiger partial charge in [-0.25, -0.2) is 0 Å². The van der Waals surface area contributed by atoms with Crippen molar-refractivity contribution in [1.82, 2.24) is 0 Å². The number of Topliss-reactive ketones (excluding diaryl/α,β-unsaturated/α-hetero) is 1. The second-order valence-electron chi connectivity index (χ2n) is 10.5. The zero-order valence-electron chi connectivity index (χ0n) is 22.6. The number of fused-ring (bicyclic) bond motifs is 1. The Hall–Kier alpha value is -4.96. The molecule has 3 atom stereocenters. The van der Waals surface area contributed by atoms with Gasteiger partial charge < -0.3 is 9.84 Å². The highest BCUT2D eigenvalue weighted by Crippen LogP contribution is 2.58. The van der Waals surface area contributed by atoms with E-state index in [2.05, 4.69) is 6.58 Å². The lowest BCUT2D eigenvalue weighted by Crippen LogP contribution is -2.54. The van der Waals surface area contributed by atoms with E-state index in [-0.39, 0.29) is 17.3 Å². The van der Waals surface area contributed by atoms with Crippen molar-refractivity contribution in [2.75, 3.05) is 0 Å². The number of carbonyl (C=O) groups is 2. The molecule has 4 aromatic rings. The third kappa shape index (κ3) is 4.52. The van der Waals surface area contributed by atoms with Crippen LogP contribution in [0.5, 0.6) is 11.5 Å². The number of hydrogen-bond acceptors (Lipinski definition) is 4. The number of carbonyl (C=O) groups excluding carboxylic acids is 2. The fourth-order valence-corrected chi connectivity index (χ4v) is 6.45. The van der Waals surface area contributed by atoms with Crippen molar-refractivity contribution in [2.24, 2.45) is 5.92 Å². The third-order valence-electron chi connectivity index (χ3n) is 8.33. The topological polar surface area (TPSA) is 63.6 Å². The van der Waals surface area contributed by atoms with Crippen molar-refractivity contribution in [3.05, 3.63) is 162 Å². The van der Waals surface area contributed by atoms with E-state index in [1.165, 1.54) is 6.08 Å². The lowest BCUT2D eigenvalue weighted by atomic mass is 9.50. The van der Waals surface area contributed by atoms with E-state index in [0.717, 1.165) is 22.3 Å². The zero-order valence-corrected chi connectivity index (χ0v) is 22.6. The largest absolute Gasteiger partial charge is 0.508 e. The lowest BCUT2D eigenvalue weighted by molar-refractivity contribution is -0.131. The molecule has 202 valence electrons. The summed E-state index contributed by atoms with van der Waals surface area (Å²) in [7, 11) is 0. The standard InChI is InChI=1S/C37H30O4/c1-2-26-18-21-32-36(40)31(27-14-8-4-9-15-27)23-34(39)37(32,28-16-10-5-11-17-28)35(26)30-20-19-29(22-33(30)38)41-24-25-12-6-3-7-13-25/h2-20,22-23,32,35,38H,1,21,24H2. The molecule has 0 bridgehead atoms. The summed E-state index contributed by atoms with van der Waals surface area (Å²) in [6, 6.07) is 33.8. The first-order valence-corrected chi connectivity index (χ1v) is 13.8. The maximum atomic E-state index is 14.6. The van der Waals surface area contributed by atoms with Gasteiger partial charge in [0.05, 0.1) is 5.41 Å². The number of phenols is 1. The molecule has 2 aliphatic rings. The van der Waals surface area contributed by atoms with E-state index in [4.69, 9.17) is 4.74 Å². The summed E-state index contributed by atoms with van der Waals surface area (Å²) in [5.41, 5.74) is 3.01. The molecule has 0 heterocycles. The van der Waals surface area contributed by atoms with Gasteiger partial charge in [0.25, 0.3) is 0 Å². The molecular formula is C37H30O4. The van der Waals surface area contributed by atoms with E-state index < -0.39 is 17.3 Å². The third-order valence-corrected chi connectivity index (χ3v) is 8.33. The number of ether oxygens (including phenoxy) is 1. The van der Waals surface area contributed by atoms with Crippen LogP contribution in [0.25, 0.3) is 5.57 Å². The molecule has 0 amide bonds. The second kappa shape index (κ2) is 10.9. The normalized spacial score (nSPS) is 21.9. The van der Waals surface area contributed by atoms with Crippen molar-refractivity contribution in [3.63, 3.8) is 0 Å². The maximum Gasteiger partial charge on any atom is 0.168 e. The minimum atomic E-state index is -1.25. The molecule has 41 heavy (non-hydrogen) atoms. The molecule has 0 radical (unpaired) electrons. The van der Waals surface area contributed by atoms with Gasteiger partial charge in [0, 0.05) is 29.0 Å². The number of aromatic hydroxyl groups is 1. The van der Waals surface area contributed by atoms with Crippen LogP contribution in [0.1, 0.15) is 34.6 Å². The molecule has 4 nitrogen and oxygen atoms in total. The van der Waals surface area contributed by atoms with Crippen LogP contribution in [-0.2, 0) is 21.6 Å². The van der Waals surface area contributed by atoms with E-state index in [9.17, 15) is 14.7 Å². The van der Waals surface area contributed by atoms with Gasteiger partial charge in [-0.05, 0) is 40.8 Å². The Balaban J connectivity index is 1.49. The molecule has 0 aromatic heterocycles. The first kappa shape index (κ1) is 26.3. The minimum Gasteiger partial charge on any atom is -0.508 e. The smallest absolute Gasteiger partial charge is 0.168 e. The number of allylic oxidation sites excluding steroid dienone is 5. The highest BCUT2D eigenvalue weighted by Gasteiger charge is 2.59. The van der Waals surface area contributed by atoms with Gasteiger partial charge in [-0.1, -0.05) is 116 Å². The fraction of sp³-hybridized carbons (Fsp3) is 0.135. The van der Waals surface area contributed by atoms with Crippen LogP contribution in [0.3, 0.4) is 0 Å². The molecule has 4 heteroatoms. The monoisotopic (exact) mass is 538 g/mol. The molecule has 0 saturated carbocycles. The fourth-order valence-electron chi connectivity index (χ4n) is 6.45. The number of ketones is 2. The van der Waals surface area contributed by atoms with Crippen LogP contribution in [0.15, 0.2) is 140 Å². The Kier molecular flexibility index (Phi) is 6.98. The molecule has 3 unspecified atom stereocenters. The number of hydrogen-bond donors (Lipinski definition) is 1. The van der Waals surface area contributed by atoms with Crippen LogP contribution in [0, 0.1) is 5.92 Å². The first-order valence-electron chi connectivity index (χ1n) is 13.8. The summed E-state index contributed by atoms with van der Waals surface area (Å²) >= 11 is 0. The Morgan fingerprint density at radius 1 is 0.878 bits per heavy atom. The molecule has 1 N–H and O–H groups in total. The van der Waals surface area contributed by atoms with Gasteiger partial charge in [-0.2, -0.15) is 0 Å². The maximum absolute atomic E-state index is 14.6. The average molecular weight is 539 g/mol. The Morgan fingerprint density at radius 2 is 1.54 bits per heavy atom. The molecule has 2 aliphatic carbocycles. The first-order chi connectivity index (χ1) is 20.0. The van der Waals surface area contributed by atoms with Gasteiger partial charge in [0.15, 0.2) is 11.6 Å². The summed E-state index contributed by atoms with van der Waals surface area (Å²) in [6.45, 7) is 4.41. The van der Waals surface area contributed by atoms with E-state index in [1.807, 2.05) is 97.1 Å². The molecule has 0 saturated heterocycles. The van der Waals surface area contributed by atoms with E-state index in [1.54, 1.807) is 24.3 Å². The number of rotatable bonds is 7. The lowest BCUT2D eigenvalue weighted by Gasteiger charge is -2.49. The summed E-state index contributed by atoms with van der Waals surface area (Å²) in [5.74, 6) is -1.01. The van der Waals surface area contributed by atoms with Crippen molar-refractivity contribution >= 4 is 17.1 Å². The van der Waals surface area contributed by atoms with Crippen LogP contribution in [-0.4, -0.2) is 16.7 Å². The van der Waals surface area contributed by atoms with Crippen molar-refractivity contribution in [3.8, 4) is 11.5 Å². The van der Waals surface area contributed by atoms with Gasteiger partial charge >= 0.3 is 0 Å². The van der Waals surface area contributed by atoms with Crippen LogP contribution < -0.4 is 4.74 Å². The Labute approximate surface area is 239 Å². The summed E-state index contributed by atoms with van der Waals surface area (Å²) in [5, 5.41) is 11.4. The van der Waals surface area contributed by atoms with Gasteiger partial charge in [0.1, 0.15) is 18.1 Å². The SMILES string of the molecule is C=CC1=CCC2C(=O)C(c3ccccc3)=CC(=O)C2(c2ccccc2)C1c1ccc(OCc2ccccc2)cc1O. The molecule has 0 spiro atoms. The Bertz CT molecular complexity index is 1670. The molecule has 0 fully saturated rings. The molecule has 4 aromatic carbocycles. The van der Waals surface area contributed by atoms with Crippen molar-refractivity contribution in [2.45, 2.75) is 24.4 Å². The zero-order chi connectivity index (χ0) is 28.4. The minimum absolute atomic E-state index is 0.00218. The van der Waals surface area contributed by atoms with Crippen LogP contribution in [0.4, 0.5) is 0 Å². The van der Waals surface area contributed by atoms with Gasteiger partial charge in [0.2, 0.25) is 0 Å². The van der Waals surface area contributed by atoms with Gasteiger partial charge in [-0.15, -0.1) is 0 Å². The summed E-state index contributed by atoms with van der Waals surface area (Å²) < 4.78 is 5.96. The predicted molar refractivity (Wildman–Crippen MR) is 161 cm³/mol. The second-order valence-corrected chi connectivity index (χ2v) is 10.5. The molecule has 0 aliphatic heterocycles. The summed E-state index contributed by atoms with van der Waals surface area (Å²) in [6.07, 6.45) is 5.62. The van der Waals surface area contributed by atoms with Crippen molar-refractivity contribution in [1.29, 1.82) is 0 Å². The average Bonchev–Trinajstić information content (AvgIpc) is 3.02. The van der Waals surface area contributed by atoms with Crippen LogP contribution in [0.2, 0.25) is 0 Å². The Morgan fingerprint density at radius 3 is 2.20 bits per heavy atom. The van der Waals surface area contributed by atoms with Gasteiger partial charge in [-0.3, -0.25) is 9.59 Å². The number of phenolic OH excluding ortho intramolecular Hbond substituents is 1. The highest BCUT2D eigenvalue weighted by molar-refractivity contribution is 6.31. The summed E-state index contributed by atoms with van der Waals surface area (Å²) in [4.78, 5) is 28.8. The van der Waals surface area contributed by atoms with E-state index >= 15 is 0 Å². The number of benzene rings is 4. The van der Waals surface area contributed by atoms with Crippen molar-refractivity contribution < 1.29 is 19.4 Å². The quantitative estimate of drug-likeness (QED) is 0.267. The molecule has 6 rings (SSSR count). The van der Waals surface area contributed by atoms with E-state index in [0.29, 0.717) is 29.9 Å². The predicted octanol–water partition coefficient (Wildman–Crippen LogP) is 7.36. The van der Waals surface area contributed by atoms with Crippen LogP contribution >= 0.6 is 0 Å². The molecular weight excluding hydrogens is 508 g/mol.